The first kappa shape index (κ1) is 11.9. The van der Waals surface area contributed by atoms with Crippen molar-refractivity contribution in [2.45, 2.75) is 6.54 Å². The minimum atomic E-state index is 0.761. The van der Waals surface area contributed by atoms with Gasteiger partial charge in [-0.25, -0.2) is 0 Å². The minimum absolute atomic E-state index is 0.761. The van der Waals surface area contributed by atoms with Gasteiger partial charge in [-0.1, -0.05) is 30.3 Å². The van der Waals surface area contributed by atoms with E-state index in [1.165, 1.54) is 16.3 Å². The number of ether oxygens (including phenoxy) is 1. The number of hydrogen-bond acceptors (Lipinski definition) is 3. The molecule has 0 unspecified atom stereocenters. The highest BCUT2D eigenvalue weighted by atomic mass is 16.5. The highest BCUT2D eigenvalue weighted by molar-refractivity contribution is 5.87. The smallest absolute Gasteiger partial charge is 0.124 e. The molecule has 0 spiro atoms. The Morgan fingerprint density at radius 2 is 1.88 bits per heavy atom. The Morgan fingerprint density at radius 1 is 1.12 bits per heavy atom. The van der Waals surface area contributed by atoms with Crippen molar-refractivity contribution in [3.8, 4) is 5.75 Å². The molecule has 2 aromatic carbocycles. The molecular weight excluding hydrogens is 212 g/mol. The molecule has 0 amide bonds. The van der Waals surface area contributed by atoms with Gasteiger partial charge in [-0.05, 0) is 16.8 Å². The van der Waals surface area contributed by atoms with Gasteiger partial charge in [0.2, 0.25) is 0 Å². The summed E-state index contributed by atoms with van der Waals surface area (Å²) in [7, 11) is 5.68. The van der Waals surface area contributed by atoms with E-state index in [0.29, 0.717) is 0 Å². The van der Waals surface area contributed by atoms with Gasteiger partial charge in [0.1, 0.15) is 5.75 Å². The van der Waals surface area contributed by atoms with Crippen molar-refractivity contribution in [1.82, 2.24) is 10.4 Å². The molecule has 0 saturated heterocycles. The molecule has 17 heavy (non-hydrogen) atoms. The fourth-order valence-corrected chi connectivity index (χ4v) is 1.93. The van der Waals surface area contributed by atoms with Crippen LogP contribution in [0.3, 0.4) is 0 Å². The fourth-order valence-electron chi connectivity index (χ4n) is 1.93. The molecule has 0 bridgehead atoms. The van der Waals surface area contributed by atoms with E-state index in [4.69, 9.17) is 4.74 Å². The Balaban J connectivity index is 2.47. The number of hydrogen-bond donors (Lipinski definition) is 1. The third-order valence-electron chi connectivity index (χ3n) is 2.79. The van der Waals surface area contributed by atoms with Crippen LogP contribution in [-0.4, -0.2) is 26.2 Å². The second-order valence-corrected chi connectivity index (χ2v) is 4.20. The fraction of sp³-hybridized carbons (Fsp3) is 0.286. The van der Waals surface area contributed by atoms with Crippen molar-refractivity contribution in [2.75, 3.05) is 21.2 Å². The second kappa shape index (κ2) is 5.17. The van der Waals surface area contributed by atoms with E-state index in [0.717, 1.165) is 12.3 Å². The van der Waals surface area contributed by atoms with E-state index < -0.39 is 0 Å². The average Bonchev–Trinajstić information content (AvgIpc) is 2.35. The lowest BCUT2D eigenvalue weighted by atomic mass is 10.0. The Labute approximate surface area is 102 Å². The van der Waals surface area contributed by atoms with E-state index in [1.807, 2.05) is 25.2 Å². The SMILES string of the molecule is COc1ccc2ccccc2c1CNN(C)C. The van der Waals surface area contributed by atoms with Crippen LogP contribution in [0.25, 0.3) is 10.8 Å². The van der Waals surface area contributed by atoms with Crippen molar-refractivity contribution < 1.29 is 4.74 Å². The van der Waals surface area contributed by atoms with Crippen LogP contribution >= 0.6 is 0 Å². The molecular formula is C14H18N2O. The van der Waals surface area contributed by atoms with Gasteiger partial charge in [-0.3, -0.25) is 10.4 Å². The maximum atomic E-state index is 5.43. The summed E-state index contributed by atoms with van der Waals surface area (Å²) in [5.74, 6) is 0.929. The predicted molar refractivity (Wildman–Crippen MR) is 71.0 cm³/mol. The van der Waals surface area contributed by atoms with E-state index in [-0.39, 0.29) is 0 Å². The lowest BCUT2D eigenvalue weighted by Crippen LogP contribution is -2.29. The van der Waals surface area contributed by atoms with Gasteiger partial charge in [-0.2, -0.15) is 0 Å². The highest BCUT2D eigenvalue weighted by Gasteiger charge is 2.07. The zero-order chi connectivity index (χ0) is 12.3. The van der Waals surface area contributed by atoms with Crippen LogP contribution in [0.5, 0.6) is 5.75 Å². The summed E-state index contributed by atoms with van der Waals surface area (Å²) in [6, 6.07) is 12.5. The van der Waals surface area contributed by atoms with Crippen molar-refractivity contribution in [1.29, 1.82) is 0 Å². The molecule has 0 radical (unpaired) electrons. The van der Waals surface area contributed by atoms with Crippen molar-refractivity contribution in [3.63, 3.8) is 0 Å². The van der Waals surface area contributed by atoms with Crippen molar-refractivity contribution in [3.05, 3.63) is 42.0 Å². The lowest BCUT2D eigenvalue weighted by Gasteiger charge is -2.16. The monoisotopic (exact) mass is 230 g/mol. The van der Waals surface area contributed by atoms with E-state index in [2.05, 4.69) is 35.8 Å². The minimum Gasteiger partial charge on any atom is -0.496 e. The molecule has 0 fully saturated rings. The third-order valence-corrected chi connectivity index (χ3v) is 2.79. The molecule has 3 nitrogen and oxygen atoms in total. The molecule has 0 aliphatic carbocycles. The molecule has 0 aliphatic heterocycles. The largest absolute Gasteiger partial charge is 0.496 e. The first-order valence-corrected chi connectivity index (χ1v) is 5.68. The van der Waals surface area contributed by atoms with Gasteiger partial charge in [0.25, 0.3) is 0 Å². The first-order chi connectivity index (χ1) is 8.22. The molecule has 3 heteroatoms. The van der Waals surface area contributed by atoms with Crippen LogP contribution < -0.4 is 10.2 Å². The normalized spacial score (nSPS) is 11.1. The molecule has 1 N–H and O–H groups in total. The van der Waals surface area contributed by atoms with Crippen LogP contribution in [-0.2, 0) is 6.54 Å². The van der Waals surface area contributed by atoms with E-state index >= 15 is 0 Å². The Morgan fingerprint density at radius 3 is 2.59 bits per heavy atom. The quantitative estimate of drug-likeness (QED) is 0.816. The highest BCUT2D eigenvalue weighted by Crippen LogP contribution is 2.27. The van der Waals surface area contributed by atoms with Crippen LogP contribution in [0.15, 0.2) is 36.4 Å². The van der Waals surface area contributed by atoms with Gasteiger partial charge in [-0.15, -0.1) is 0 Å². The summed E-state index contributed by atoms with van der Waals surface area (Å²) in [6.45, 7) is 0.761. The first-order valence-electron chi connectivity index (χ1n) is 5.68. The summed E-state index contributed by atoms with van der Waals surface area (Å²) in [6.07, 6.45) is 0. The Kier molecular flexibility index (Phi) is 3.61. The Hall–Kier alpha value is -1.58. The summed E-state index contributed by atoms with van der Waals surface area (Å²) < 4.78 is 5.43. The van der Waals surface area contributed by atoms with Gasteiger partial charge >= 0.3 is 0 Å². The number of nitrogens with zero attached hydrogens (tertiary/aromatic N) is 1. The van der Waals surface area contributed by atoms with E-state index in [9.17, 15) is 0 Å². The molecule has 0 aromatic heterocycles. The maximum absolute atomic E-state index is 5.43. The number of rotatable bonds is 4. The number of hydrazine groups is 1. The third kappa shape index (κ3) is 2.57. The molecule has 0 heterocycles. The van der Waals surface area contributed by atoms with Gasteiger partial charge in [0.15, 0.2) is 0 Å². The van der Waals surface area contributed by atoms with E-state index in [1.54, 1.807) is 7.11 Å². The maximum Gasteiger partial charge on any atom is 0.124 e. The molecule has 0 saturated carbocycles. The van der Waals surface area contributed by atoms with Crippen LogP contribution in [0.2, 0.25) is 0 Å². The number of nitrogens with one attached hydrogen (secondary N) is 1. The number of benzene rings is 2. The van der Waals surface area contributed by atoms with Crippen LogP contribution in [0.4, 0.5) is 0 Å². The summed E-state index contributed by atoms with van der Waals surface area (Å²) >= 11 is 0. The van der Waals surface area contributed by atoms with Crippen LogP contribution in [0.1, 0.15) is 5.56 Å². The standard InChI is InChI=1S/C14H18N2O/c1-16(2)15-10-13-12-7-5-4-6-11(12)8-9-14(13)17-3/h4-9,15H,10H2,1-3H3. The summed E-state index contributed by atoms with van der Waals surface area (Å²) in [4.78, 5) is 0. The van der Waals surface area contributed by atoms with Gasteiger partial charge in [0.05, 0.1) is 7.11 Å². The molecule has 2 rings (SSSR count). The second-order valence-electron chi connectivity index (χ2n) is 4.20. The predicted octanol–water partition coefficient (Wildman–Crippen LogP) is 2.41. The van der Waals surface area contributed by atoms with Crippen molar-refractivity contribution >= 4 is 10.8 Å². The molecule has 90 valence electrons. The zero-order valence-electron chi connectivity index (χ0n) is 10.5. The topological polar surface area (TPSA) is 24.5 Å². The number of fused-ring (bicyclic) bond motifs is 1. The lowest BCUT2D eigenvalue weighted by molar-refractivity contribution is 0.283. The number of methoxy groups -OCH3 is 1. The van der Waals surface area contributed by atoms with Gasteiger partial charge in [0, 0.05) is 26.2 Å². The zero-order valence-corrected chi connectivity index (χ0v) is 10.5. The summed E-state index contributed by atoms with van der Waals surface area (Å²) in [5, 5.41) is 4.42. The molecule has 0 aliphatic rings. The van der Waals surface area contributed by atoms with Crippen LogP contribution in [0, 0.1) is 0 Å². The Bertz CT molecular complexity index is 509. The molecule has 2 aromatic rings. The van der Waals surface area contributed by atoms with Crippen molar-refractivity contribution in [2.24, 2.45) is 0 Å². The molecule has 0 atom stereocenters. The van der Waals surface area contributed by atoms with Gasteiger partial charge < -0.3 is 4.74 Å². The average molecular weight is 230 g/mol. The summed E-state index contributed by atoms with van der Waals surface area (Å²) in [5.41, 5.74) is 4.48.